The summed E-state index contributed by atoms with van der Waals surface area (Å²) in [5.74, 6) is 0.497. The van der Waals surface area contributed by atoms with Crippen LogP contribution in [-0.2, 0) is 7.05 Å². The van der Waals surface area contributed by atoms with Crippen LogP contribution < -0.4 is 10.9 Å². The van der Waals surface area contributed by atoms with Crippen molar-refractivity contribution in [3.05, 3.63) is 33.3 Å². The van der Waals surface area contributed by atoms with Crippen molar-refractivity contribution in [2.45, 2.75) is 12.5 Å². The first kappa shape index (κ1) is 14.8. The Morgan fingerprint density at radius 1 is 1.55 bits per heavy atom. The number of pyridine rings is 2. The smallest absolute Gasteiger partial charge is 0.407 e. The third-order valence-corrected chi connectivity index (χ3v) is 4.50. The fourth-order valence-corrected chi connectivity index (χ4v) is 3.10. The first-order chi connectivity index (χ1) is 10.5. The highest BCUT2D eigenvalue weighted by molar-refractivity contribution is 9.10. The Hall–Kier alpha value is -2.09. The van der Waals surface area contributed by atoms with Crippen LogP contribution in [0.5, 0.6) is 0 Å². The summed E-state index contributed by atoms with van der Waals surface area (Å²) < 4.78 is 2.25. The predicted octanol–water partition coefficient (Wildman–Crippen LogP) is 1.86. The number of aromatic nitrogens is 2. The highest BCUT2D eigenvalue weighted by Crippen LogP contribution is 2.26. The maximum absolute atomic E-state index is 12.4. The van der Waals surface area contributed by atoms with Gasteiger partial charge in [0.15, 0.2) is 0 Å². The molecule has 22 heavy (non-hydrogen) atoms. The van der Waals surface area contributed by atoms with E-state index in [2.05, 4.69) is 26.2 Å². The minimum Gasteiger partial charge on any atom is -0.465 e. The Morgan fingerprint density at radius 3 is 3.00 bits per heavy atom. The van der Waals surface area contributed by atoms with Gasteiger partial charge in [-0.3, -0.25) is 4.79 Å². The van der Waals surface area contributed by atoms with Crippen molar-refractivity contribution in [2.24, 2.45) is 7.05 Å². The Morgan fingerprint density at radius 2 is 2.32 bits per heavy atom. The number of hydrogen-bond donors (Lipinski definition) is 2. The quantitative estimate of drug-likeness (QED) is 0.846. The molecular weight excluding hydrogens is 352 g/mol. The lowest BCUT2D eigenvalue weighted by Gasteiger charge is -2.16. The number of amides is 1. The van der Waals surface area contributed by atoms with Gasteiger partial charge >= 0.3 is 6.09 Å². The zero-order valence-electron chi connectivity index (χ0n) is 11.9. The Balaban J connectivity index is 1.98. The number of fused-ring (bicyclic) bond motifs is 1. The van der Waals surface area contributed by atoms with Crippen LogP contribution >= 0.6 is 15.9 Å². The molecule has 0 spiro atoms. The van der Waals surface area contributed by atoms with E-state index in [-0.39, 0.29) is 11.6 Å². The monoisotopic (exact) mass is 366 g/mol. The minimum atomic E-state index is -0.922. The van der Waals surface area contributed by atoms with Gasteiger partial charge in [0.2, 0.25) is 0 Å². The number of carboxylic acid groups (broad SMARTS) is 1. The molecule has 1 saturated heterocycles. The molecule has 1 amide bonds. The molecule has 0 aromatic carbocycles. The van der Waals surface area contributed by atoms with Crippen LogP contribution in [0.15, 0.2) is 27.7 Å². The molecule has 2 aromatic heterocycles. The van der Waals surface area contributed by atoms with E-state index in [0.29, 0.717) is 30.7 Å². The number of anilines is 1. The Kier molecular flexibility index (Phi) is 3.78. The molecular formula is C14H15BrN4O3. The van der Waals surface area contributed by atoms with Crippen LogP contribution in [0.2, 0.25) is 0 Å². The van der Waals surface area contributed by atoms with Gasteiger partial charge in [0, 0.05) is 48.4 Å². The molecule has 3 heterocycles. The molecule has 2 N–H and O–H groups in total. The molecule has 0 radical (unpaired) electrons. The van der Waals surface area contributed by atoms with E-state index in [1.807, 2.05) is 6.07 Å². The molecule has 8 heteroatoms. The van der Waals surface area contributed by atoms with Gasteiger partial charge in [-0.1, -0.05) is 0 Å². The van der Waals surface area contributed by atoms with Crippen molar-refractivity contribution in [3.8, 4) is 0 Å². The van der Waals surface area contributed by atoms with Crippen molar-refractivity contribution >= 4 is 38.6 Å². The van der Waals surface area contributed by atoms with Crippen LogP contribution in [-0.4, -0.2) is 44.8 Å². The second kappa shape index (κ2) is 5.60. The molecule has 3 rings (SSSR count). The number of halogens is 1. The number of carbonyl (C=O) groups is 1. The molecule has 1 aliphatic heterocycles. The van der Waals surface area contributed by atoms with E-state index in [4.69, 9.17) is 5.11 Å². The summed E-state index contributed by atoms with van der Waals surface area (Å²) >= 11 is 3.41. The van der Waals surface area contributed by atoms with Gasteiger partial charge in [-0.25, -0.2) is 9.78 Å². The molecule has 1 aliphatic rings. The summed E-state index contributed by atoms with van der Waals surface area (Å²) in [5.41, 5.74) is -0.137. The molecule has 116 valence electrons. The fourth-order valence-electron chi connectivity index (χ4n) is 2.67. The van der Waals surface area contributed by atoms with E-state index in [0.717, 1.165) is 9.86 Å². The van der Waals surface area contributed by atoms with Gasteiger partial charge in [-0.2, -0.15) is 0 Å². The highest BCUT2D eigenvalue weighted by Gasteiger charge is 2.26. The van der Waals surface area contributed by atoms with Crippen molar-refractivity contribution in [3.63, 3.8) is 0 Å². The van der Waals surface area contributed by atoms with Crippen LogP contribution in [0.1, 0.15) is 6.42 Å². The summed E-state index contributed by atoms with van der Waals surface area (Å²) in [5, 5.41) is 13.5. The number of hydrogen-bond acceptors (Lipinski definition) is 4. The minimum absolute atomic E-state index is 0.0436. The first-order valence-corrected chi connectivity index (χ1v) is 7.65. The van der Waals surface area contributed by atoms with E-state index < -0.39 is 6.09 Å². The summed E-state index contributed by atoms with van der Waals surface area (Å²) in [7, 11) is 1.69. The zero-order chi connectivity index (χ0) is 15.9. The van der Waals surface area contributed by atoms with Crippen LogP contribution in [0.25, 0.3) is 10.8 Å². The lowest BCUT2D eigenvalue weighted by Crippen LogP contribution is -2.30. The summed E-state index contributed by atoms with van der Waals surface area (Å²) in [6, 6.07) is 1.81. The standard InChI is InChI=1S/C14H15BrN4O3/c1-18-4-3-9-10(15)6-16-12(11(9)13(18)20)17-8-2-5-19(7-8)14(21)22/h3-4,6,8H,2,5,7H2,1H3,(H,16,17)(H,21,22)/t8-/m0/s1. The Labute approximate surface area is 134 Å². The summed E-state index contributed by atoms with van der Waals surface area (Å²) in [4.78, 5) is 29.0. The maximum Gasteiger partial charge on any atom is 0.407 e. The van der Waals surface area contributed by atoms with Gasteiger partial charge in [-0.15, -0.1) is 0 Å². The van der Waals surface area contributed by atoms with E-state index in [1.54, 1.807) is 19.4 Å². The van der Waals surface area contributed by atoms with E-state index in [9.17, 15) is 9.59 Å². The lowest BCUT2D eigenvalue weighted by atomic mass is 10.2. The molecule has 1 fully saturated rings. The summed E-state index contributed by atoms with van der Waals surface area (Å²) in [6.45, 7) is 0.876. The van der Waals surface area contributed by atoms with Gasteiger partial charge in [0.25, 0.3) is 5.56 Å². The van der Waals surface area contributed by atoms with Gasteiger partial charge in [0.1, 0.15) is 5.82 Å². The highest BCUT2D eigenvalue weighted by atomic mass is 79.9. The van der Waals surface area contributed by atoms with Gasteiger partial charge < -0.3 is 19.9 Å². The number of aryl methyl sites for hydroxylation is 1. The lowest BCUT2D eigenvalue weighted by molar-refractivity contribution is 0.155. The second-order valence-corrected chi connectivity index (χ2v) is 6.19. The van der Waals surface area contributed by atoms with Crippen LogP contribution in [0.3, 0.4) is 0 Å². The average Bonchev–Trinajstić information content (AvgIpc) is 2.94. The molecule has 2 aromatic rings. The third kappa shape index (κ3) is 2.54. The number of likely N-dealkylation sites (tertiary alicyclic amines) is 1. The number of rotatable bonds is 2. The topological polar surface area (TPSA) is 87.5 Å². The molecule has 0 bridgehead atoms. The molecule has 0 aliphatic carbocycles. The van der Waals surface area contributed by atoms with Crippen molar-refractivity contribution in [1.29, 1.82) is 0 Å². The number of nitrogens with one attached hydrogen (secondary N) is 1. The van der Waals surface area contributed by atoms with E-state index >= 15 is 0 Å². The van der Waals surface area contributed by atoms with Crippen LogP contribution in [0.4, 0.5) is 10.6 Å². The van der Waals surface area contributed by atoms with Crippen LogP contribution in [0, 0.1) is 0 Å². The predicted molar refractivity (Wildman–Crippen MR) is 86.3 cm³/mol. The molecule has 0 unspecified atom stereocenters. The average molecular weight is 367 g/mol. The van der Waals surface area contributed by atoms with Gasteiger partial charge in [0.05, 0.1) is 5.39 Å². The maximum atomic E-state index is 12.4. The third-order valence-electron chi connectivity index (χ3n) is 3.87. The first-order valence-electron chi connectivity index (χ1n) is 6.85. The second-order valence-electron chi connectivity index (χ2n) is 5.33. The van der Waals surface area contributed by atoms with Crippen molar-refractivity contribution in [1.82, 2.24) is 14.5 Å². The zero-order valence-corrected chi connectivity index (χ0v) is 13.5. The number of nitrogens with zero attached hydrogens (tertiary/aromatic N) is 3. The normalized spacial score (nSPS) is 17.9. The largest absolute Gasteiger partial charge is 0.465 e. The fraction of sp³-hybridized carbons (Fsp3) is 0.357. The molecule has 0 saturated carbocycles. The summed E-state index contributed by atoms with van der Waals surface area (Å²) in [6.07, 6.45) is 3.13. The van der Waals surface area contributed by atoms with Crippen molar-refractivity contribution < 1.29 is 9.90 Å². The Bertz CT molecular complexity index is 805. The molecule has 1 atom stereocenters. The van der Waals surface area contributed by atoms with E-state index in [1.165, 1.54) is 9.47 Å². The van der Waals surface area contributed by atoms with Crippen molar-refractivity contribution in [2.75, 3.05) is 18.4 Å². The van der Waals surface area contributed by atoms with Gasteiger partial charge in [-0.05, 0) is 28.4 Å². The SMILES string of the molecule is Cn1ccc2c(Br)cnc(N[C@H]3CCN(C(=O)O)C3)c2c1=O. The molecule has 7 nitrogen and oxygen atoms in total.